The topological polar surface area (TPSA) is 44.7 Å². The predicted molar refractivity (Wildman–Crippen MR) is 95.2 cm³/mol. The lowest BCUT2D eigenvalue weighted by molar-refractivity contribution is 0.122. The van der Waals surface area contributed by atoms with Crippen LogP contribution in [-0.2, 0) is 17.7 Å². The fraction of sp³-hybridized carbons (Fsp3) is 0.400. The maximum atomic E-state index is 14.5. The van der Waals surface area contributed by atoms with Gasteiger partial charge in [-0.05, 0) is 28.8 Å². The van der Waals surface area contributed by atoms with E-state index >= 15 is 0 Å². The number of ether oxygens (including phenoxy) is 1. The molecule has 1 fully saturated rings. The molecule has 5 heteroatoms. The van der Waals surface area contributed by atoms with Gasteiger partial charge in [0.2, 0.25) is 0 Å². The van der Waals surface area contributed by atoms with Crippen molar-refractivity contribution in [2.24, 2.45) is 0 Å². The van der Waals surface area contributed by atoms with E-state index in [-0.39, 0.29) is 11.9 Å². The van der Waals surface area contributed by atoms with Crippen LogP contribution in [0, 0.1) is 5.82 Å². The Balaban J connectivity index is 1.44. The summed E-state index contributed by atoms with van der Waals surface area (Å²) in [5.41, 5.74) is 3.84. The van der Waals surface area contributed by atoms with E-state index in [9.17, 15) is 9.50 Å². The molecule has 4 rings (SSSR count). The number of aliphatic hydroxyl groups is 1. The van der Waals surface area contributed by atoms with Gasteiger partial charge in [0.15, 0.2) is 0 Å². The molecule has 132 valence electrons. The normalized spacial score (nSPS) is 22.9. The Labute approximate surface area is 147 Å². The van der Waals surface area contributed by atoms with E-state index in [1.165, 1.54) is 5.56 Å². The molecule has 4 nitrogen and oxygen atoms in total. The standard InChI is InChI=1S/C20H23FN2O2/c21-17-11-14(5-6-18(17)23-7-9-25-10-8-23)13-22-20-16-4-2-1-3-15(16)12-19(20)24/h1-6,11,19-20,22,24H,7-10,12-13H2/t19-,20+/m1/s1. The molecule has 2 aliphatic rings. The van der Waals surface area contributed by atoms with Crippen LogP contribution in [0.4, 0.5) is 10.1 Å². The van der Waals surface area contributed by atoms with Crippen LogP contribution < -0.4 is 10.2 Å². The van der Waals surface area contributed by atoms with E-state index in [0.717, 1.165) is 24.2 Å². The van der Waals surface area contributed by atoms with E-state index in [1.54, 1.807) is 6.07 Å². The minimum atomic E-state index is -0.435. The van der Waals surface area contributed by atoms with Crippen molar-refractivity contribution in [1.29, 1.82) is 0 Å². The molecule has 0 aromatic heterocycles. The molecular formula is C20H23FN2O2. The first-order chi connectivity index (χ1) is 12.2. The zero-order valence-corrected chi connectivity index (χ0v) is 14.1. The molecule has 2 atom stereocenters. The number of aliphatic hydroxyl groups excluding tert-OH is 1. The molecule has 0 bridgehead atoms. The van der Waals surface area contributed by atoms with E-state index in [2.05, 4.69) is 11.4 Å². The lowest BCUT2D eigenvalue weighted by Crippen LogP contribution is -2.36. The largest absolute Gasteiger partial charge is 0.391 e. The molecule has 2 aromatic rings. The van der Waals surface area contributed by atoms with Gasteiger partial charge in [-0.25, -0.2) is 4.39 Å². The first-order valence-corrected chi connectivity index (χ1v) is 8.83. The highest BCUT2D eigenvalue weighted by molar-refractivity contribution is 5.49. The molecule has 2 N–H and O–H groups in total. The molecule has 25 heavy (non-hydrogen) atoms. The van der Waals surface area contributed by atoms with Gasteiger partial charge in [0, 0.05) is 26.1 Å². The van der Waals surface area contributed by atoms with Crippen LogP contribution in [0.15, 0.2) is 42.5 Å². The Hall–Kier alpha value is -1.95. The van der Waals surface area contributed by atoms with E-state index in [0.29, 0.717) is 31.9 Å². The van der Waals surface area contributed by atoms with E-state index < -0.39 is 6.10 Å². The van der Waals surface area contributed by atoms with Crippen molar-refractivity contribution in [3.63, 3.8) is 0 Å². The zero-order valence-electron chi connectivity index (χ0n) is 14.1. The maximum Gasteiger partial charge on any atom is 0.146 e. The van der Waals surface area contributed by atoms with Crippen molar-refractivity contribution in [3.05, 3.63) is 65.0 Å². The lowest BCUT2D eigenvalue weighted by Gasteiger charge is -2.29. The predicted octanol–water partition coefficient (Wildman–Crippen LogP) is 2.41. The van der Waals surface area contributed by atoms with Gasteiger partial charge in [0.05, 0.1) is 31.0 Å². The number of morpholine rings is 1. The van der Waals surface area contributed by atoms with Crippen LogP contribution in [0.25, 0.3) is 0 Å². The number of anilines is 1. The third-order valence-corrected chi connectivity index (χ3v) is 5.09. The maximum absolute atomic E-state index is 14.5. The third kappa shape index (κ3) is 3.40. The molecule has 0 radical (unpaired) electrons. The quantitative estimate of drug-likeness (QED) is 0.896. The monoisotopic (exact) mass is 342 g/mol. The summed E-state index contributed by atoms with van der Waals surface area (Å²) in [6, 6.07) is 13.4. The molecule has 0 spiro atoms. The SMILES string of the molecule is O[C@@H]1Cc2ccccc2[C@@H]1NCc1ccc(N2CCOCC2)c(F)c1. The number of benzene rings is 2. The highest BCUT2D eigenvalue weighted by atomic mass is 19.1. The summed E-state index contributed by atoms with van der Waals surface area (Å²) in [5, 5.41) is 13.7. The Morgan fingerprint density at radius 1 is 1.16 bits per heavy atom. The first-order valence-electron chi connectivity index (χ1n) is 8.83. The molecule has 0 unspecified atom stereocenters. The molecule has 0 saturated carbocycles. The Kier molecular flexibility index (Phi) is 4.70. The minimum absolute atomic E-state index is 0.0989. The lowest BCUT2D eigenvalue weighted by atomic mass is 10.1. The van der Waals surface area contributed by atoms with Crippen LogP contribution in [0.1, 0.15) is 22.7 Å². The van der Waals surface area contributed by atoms with Crippen molar-refractivity contribution in [2.75, 3.05) is 31.2 Å². The number of rotatable bonds is 4. The van der Waals surface area contributed by atoms with Crippen molar-refractivity contribution >= 4 is 5.69 Å². The molecule has 1 saturated heterocycles. The number of hydrogen-bond acceptors (Lipinski definition) is 4. The summed E-state index contributed by atoms with van der Waals surface area (Å²) in [4.78, 5) is 2.02. The van der Waals surface area contributed by atoms with Crippen molar-refractivity contribution < 1.29 is 14.2 Å². The Morgan fingerprint density at radius 2 is 1.96 bits per heavy atom. The van der Waals surface area contributed by atoms with Gasteiger partial charge in [0.1, 0.15) is 5.82 Å². The van der Waals surface area contributed by atoms with Crippen LogP contribution in [-0.4, -0.2) is 37.5 Å². The summed E-state index contributed by atoms with van der Waals surface area (Å²) >= 11 is 0. The fourth-order valence-electron chi connectivity index (χ4n) is 3.77. The summed E-state index contributed by atoms with van der Waals surface area (Å²) in [6.45, 7) is 3.25. The second-order valence-corrected chi connectivity index (χ2v) is 6.71. The zero-order chi connectivity index (χ0) is 17.2. The second-order valence-electron chi connectivity index (χ2n) is 6.71. The number of fused-ring (bicyclic) bond motifs is 1. The van der Waals surface area contributed by atoms with Gasteiger partial charge in [-0.3, -0.25) is 0 Å². The smallest absolute Gasteiger partial charge is 0.146 e. The number of nitrogens with one attached hydrogen (secondary N) is 1. The molecule has 2 aromatic carbocycles. The second kappa shape index (κ2) is 7.12. The Morgan fingerprint density at radius 3 is 2.76 bits per heavy atom. The van der Waals surface area contributed by atoms with Crippen LogP contribution in [0.3, 0.4) is 0 Å². The number of halogens is 1. The summed E-state index contributed by atoms with van der Waals surface area (Å²) in [7, 11) is 0. The number of nitrogens with zero attached hydrogens (tertiary/aromatic N) is 1. The third-order valence-electron chi connectivity index (χ3n) is 5.09. The van der Waals surface area contributed by atoms with Gasteiger partial charge in [-0.15, -0.1) is 0 Å². The molecule has 1 aliphatic heterocycles. The highest BCUT2D eigenvalue weighted by Crippen LogP contribution is 2.31. The number of hydrogen-bond donors (Lipinski definition) is 2. The molecule has 1 aliphatic carbocycles. The van der Waals surface area contributed by atoms with Crippen LogP contribution >= 0.6 is 0 Å². The summed E-state index contributed by atoms with van der Waals surface area (Å²) < 4.78 is 19.8. The van der Waals surface area contributed by atoms with Gasteiger partial charge < -0.3 is 20.1 Å². The van der Waals surface area contributed by atoms with Crippen LogP contribution in [0.5, 0.6) is 0 Å². The van der Waals surface area contributed by atoms with Gasteiger partial charge in [-0.2, -0.15) is 0 Å². The van der Waals surface area contributed by atoms with Crippen molar-refractivity contribution in [1.82, 2.24) is 5.32 Å². The van der Waals surface area contributed by atoms with Gasteiger partial charge in [-0.1, -0.05) is 30.3 Å². The average molecular weight is 342 g/mol. The van der Waals surface area contributed by atoms with E-state index in [4.69, 9.17) is 4.74 Å². The summed E-state index contributed by atoms with van der Waals surface area (Å²) in [5.74, 6) is -0.200. The Bertz CT molecular complexity index is 746. The average Bonchev–Trinajstić information content (AvgIpc) is 2.96. The van der Waals surface area contributed by atoms with Crippen molar-refractivity contribution in [2.45, 2.75) is 25.1 Å². The van der Waals surface area contributed by atoms with Crippen LogP contribution in [0.2, 0.25) is 0 Å². The summed E-state index contributed by atoms with van der Waals surface area (Å²) in [6.07, 6.45) is 0.230. The highest BCUT2D eigenvalue weighted by Gasteiger charge is 2.30. The molecular weight excluding hydrogens is 319 g/mol. The molecule has 0 amide bonds. The first kappa shape index (κ1) is 16.5. The van der Waals surface area contributed by atoms with E-state index in [1.807, 2.05) is 35.2 Å². The minimum Gasteiger partial charge on any atom is -0.391 e. The fourth-order valence-corrected chi connectivity index (χ4v) is 3.77. The van der Waals surface area contributed by atoms with Crippen molar-refractivity contribution in [3.8, 4) is 0 Å². The van der Waals surface area contributed by atoms with Gasteiger partial charge in [0.25, 0.3) is 0 Å². The molecule has 1 heterocycles. The van der Waals surface area contributed by atoms with Gasteiger partial charge >= 0.3 is 0 Å².